The highest BCUT2D eigenvalue weighted by molar-refractivity contribution is 5.84. The molecule has 0 spiro atoms. The lowest BCUT2D eigenvalue weighted by Crippen LogP contribution is -2.07. The Labute approximate surface area is 90.9 Å². The molecule has 1 N–H and O–H groups in total. The van der Waals surface area contributed by atoms with Gasteiger partial charge in [-0.05, 0) is 32.5 Å². The maximum Gasteiger partial charge on any atom is 0.0527 e. The van der Waals surface area contributed by atoms with Crippen LogP contribution >= 0.6 is 0 Å². The molecule has 0 bridgehead atoms. The van der Waals surface area contributed by atoms with E-state index in [-0.39, 0.29) is 0 Å². The molecule has 80 valence electrons. The first-order valence-electron chi connectivity index (χ1n) is 5.50. The van der Waals surface area contributed by atoms with Crippen molar-refractivity contribution >= 4 is 10.9 Å². The van der Waals surface area contributed by atoms with Gasteiger partial charge in [0.15, 0.2) is 0 Å². The molecule has 1 aromatic heterocycles. The molecule has 15 heavy (non-hydrogen) atoms. The van der Waals surface area contributed by atoms with Crippen molar-refractivity contribution < 1.29 is 0 Å². The fourth-order valence-electron chi connectivity index (χ4n) is 2.28. The normalized spacial score (nSPS) is 11.1. The van der Waals surface area contributed by atoms with Crippen LogP contribution in [0, 0.1) is 6.92 Å². The van der Waals surface area contributed by atoms with Crippen molar-refractivity contribution in [3.63, 3.8) is 0 Å². The molecular formula is C13H18N2. The largest absolute Gasteiger partial charge is 0.345 e. The lowest BCUT2D eigenvalue weighted by Gasteiger charge is -2.08. The van der Waals surface area contributed by atoms with E-state index in [1.807, 2.05) is 7.05 Å². The quantitative estimate of drug-likeness (QED) is 0.809. The molecule has 2 heteroatoms. The van der Waals surface area contributed by atoms with Gasteiger partial charge < -0.3 is 9.88 Å². The van der Waals surface area contributed by atoms with Gasteiger partial charge in [0.05, 0.1) is 5.52 Å². The number of aromatic nitrogens is 1. The Morgan fingerprint density at radius 3 is 2.80 bits per heavy atom. The second kappa shape index (κ2) is 4.07. The predicted octanol–water partition coefficient (Wildman–Crippen LogP) is 2.69. The topological polar surface area (TPSA) is 17.0 Å². The molecule has 0 radical (unpaired) electrons. The summed E-state index contributed by atoms with van der Waals surface area (Å²) in [5.41, 5.74) is 4.10. The van der Waals surface area contributed by atoms with Gasteiger partial charge >= 0.3 is 0 Å². The summed E-state index contributed by atoms with van der Waals surface area (Å²) in [6, 6.07) is 8.78. The van der Waals surface area contributed by atoms with Crippen LogP contribution in [0.25, 0.3) is 10.9 Å². The minimum atomic E-state index is 0.931. The first-order valence-corrected chi connectivity index (χ1v) is 5.50. The third kappa shape index (κ3) is 1.65. The molecule has 0 unspecified atom stereocenters. The molecule has 0 fully saturated rings. The molecular weight excluding hydrogens is 184 g/mol. The Morgan fingerprint density at radius 1 is 1.33 bits per heavy atom. The third-order valence-corrected chi connectivity index (χ3v) is 2.89. The molecule has 0 aliphatic heterocycles. The summed E-state index contributed by atoms with van der Waals surface area (Å²) in [6.45, 7) is 6.34. The number of aryl methyl sites for hydroxylation is 2. The van der Waals surface area contributed by atoms with Crippen molar-refractivity contribution in [3.8, 4) is 0 Å². The summed E-state index contributed by atoms with van der Waals surface area (Å²) in [6.07, 6.45) is 0. The van der Waals surface area contributed by atoms with Gasteiger partial charge in [-0.2, -0.15) is 0 Å². The zero-order valence-corrected chi connectivity index (χ0v) is 9.67. The van der Waals surface area contributed by atoms with E-state index in [0.717, 1.165) is 13.1 Å². The Kier molecular flexibility index (Phi) is 2.78. The second-order valence-corrected chi connectivity index (χ2v) is 3.92. The predicted molar refractivity (Wildman–Crippen MR) is 65.1 cm³/mol. The summed E-state index contributed by atoms with van der Waals surface area (Å²) in [5, 5.41) is 4.57. The van der Waals surface area contributed by atoms with Gasteiger partial charge in [-0.3, -0.25) is 0 Å². The minimum absolute atomic E-state index is 0.931. The van der Waals surface area contributed by atoms with Gasteiger partial charge in [0.25, 0.3) is 0 Å². The van der Waals surface area contributed by atoms with E-state index in [2.05, 4.69) is 48.0 Å². The van der Waals surface area contributed by atoms with Crippen molar-refractivity contribution in [2.45, 2.75) is 26.9 Å². The van der Waals surface area contributed by atoms with Crippen LogP contribution in [0.4, 0.5) is 0 Å². The summed E-state index contributed by atoms with van der Waals surface area (Å²) >= 11 is 0. The van der Waals surface area contributed by atoms with Gasteiger partial charge in [0.1, 0.15) is 0 Å². The molecule has 2 aromatic rings. The summed E-state index contributed by atoms with van der Waals surface area (Å²) < 4.78 is 2.38. The number of para-hydroxylation sites is 1. The lowest BCUT2D eigenvalue weighted by molar-refractivity contribution is 0.755. The molecule has 1 aromatic carbocycles. The van der Waals surface area contributed by atoms with Crippen LogP contribution < -0.4 is 5.32 Å². The minimum Gasteiger partial charge on any atom is -0.345 e. The summed E-state index contributed by atoms with van der Waals surface area (Å²) in [4.78, 5) is 0. The van der Waals surface area contributed by atoms with E-state index in [1.54, 1.807) is 0 Å². The number of rotatable bonds is 3. The fraction of sp³-hybridized carbons (Fsp3) is 0.385. The monoisotopic (exact) mass is 202 g/mol. The maximum atomic E-state index is 3.22. The van der Waals surface area contributed by atoms with Gasteiger partial charge in [-0.15, -0.1) is 0 Å². The van der Waals surface area contributed by atoms with Gasteiger partial charge in [-0.1, -0.05) is 18.2 Å². The smallest absolute Gasteiger partial charge is 0.0527 e. The fourth-order valence-corrected chi connectivity index (χ4v) is 2.28. The zero-order valence-electron chi connectivity index (χ0n) is 9.67. The van der Waals surface area contributed by atoms with Crippen molar-refractivity contribution in [3.05, 3.63) is 35.5 Å². The SMILES string of the molecule is CCn1c(C)cc2cccc(CNC)c21. The van der Waals surface area contributed by atoms with Gasteiger partial charge in [0, 0.05) is 24.2 Å². The van der Waals surface area contributed by atoms with E-state index < -0.39 is 0 Å². The maximum absolute atomic E-state index is 3.22. The number of fused-ring (bicyclic) bond motifs is 1. The molecule has 0 aliphatic rings. The standard InChI is InChI=1S/C13H18N2/c1-4-15-10(2)8-11-6-5-7-12(9-14-3)13(11)15/h5-8,14H,4,9H2,1-3H3. The van der Waals surface area contributed by atoms with E-state index >= 15 is 0 Å². The van der Waals surface area contributed by atoms with Crippen molar-refractivity contribution in [1.82, 2.24) is 9.88 Å². The van der Waals surface area contributed by atoms with E-state index in [9.17, 15) is 0 Å². The number of benzene rings is 1. The summed E-state index contributed by atoms with van der Waals surface area (Å²) in [7, 11) is 1.99. The van der Waals surface area contributed by atoms with Gasteiger partial charge in [0.2, 0.25) is 0 Å². The average Bonchev–Trinajstić information content (AvgIpc) is 2.55. The van der Waals surface area contributed by atoms with Crippen LogP contribution in [0.15, 0.2) is 24.3 Å². The number of hydrogen-bond acceptors (Lipinski definition) is 1. The lowest BCUT2D eigenvalue weighted by atomic mass is 10.1. The first-order chi connectivity index (χ1) is 7.27. The van der Waals surface area contributed by atoms with Crippen LogP contribution in [-0.2, 0) is 13.1 Å². The Bertz CT molecular complexity index is 469. The van der Waals surface area contributed by atoms with Crippen molar-refractivity contribution in [2.75, 3.05) is 7.05 Å². The molecule has 0 saturated carbocycles. The van der Waals surface area contributed by atoms with E-state index in [0.29, 0.717) is 0 Å². The Morgan fingerprint density at radius 2 is 2.13 bits per heavy atom. The zero-order chi connectivity index (χ0) is 10.8. The van der Waals surface area contributed by atoms with Gasteiger partial charge in [-0.25, -0.2) is 0 Å². The van der Waals surface area contributed by atoms with E-state index in [1.165, 1.54) is 22.2 Å². The van der Waals surface area contributed by atoms with Crippen LogP contribution in [-0.4, -0.2) is 11.6 Å². The third-order valence-electron chi connectivity index (χ3n) is 2.89. The number of nitrogens with one attached hydrogen (secondary N) is 1. The Hall–Kier alpha value is -1.28. The molecule has 2 nitrogen and oxygen atoms in total. The molecule has 0 atom stereocenters. The van der Waals surface area contributed by atoms with Crippen LogP contribution in [0.2, 0.25) is 0 Å². The first kappa shape index (κ1) is 10.2. The Balaban J connectivity index is 2.70. The van der Waals surface area contributed by atoms with Crippen molar-refractivity contribution in [2.24, 2.45) is 0 Å². The van der Waals surface area contributed by atoms with Crippen molar-refractivity contribution in [1.29, 1.82) is 0 Å². The van der Waals surface area contributed by atoms with Crippen LogP contribution in [0.3, 0.4) is 0 Å². The second-order valence-electron chi connectivity index (χ2n) is 3.92. The highest BCUT2D eigenvalue weighted by atomic mass is 15.0. The number of hydrogen-bond donors (Lipinski definition) is 1. The molecule has 2 rings (SSSR count). The molecule has 0 amide bonds. The molecule has 0 aliphatic carbocycles. The number of nitrogens with zero attached hydrogens (tertiary/aromatic N) is 1. The molecule has 0 saturated heterocycles. The molecule has 1 heterocycles. The highest BCUT2D eigenvalue weighted by Gasteiger charge is 2.07. The van der Waals surface area contributed by atoms with Crippen LogP contribution in [0.5, 0.6) is 0 Å². The highest BCUT2D eigenvalue weighted by Crippen LogP contribution is 2.23. The van der Waals surface area contributed by atoms with E-state index in [4.69, 9.17) is 0 Å². The average molecular weight is 202 g/mol. The van der Waals surface area contributed by atoms with Crippen LogP contribution in [0.1, 0.15) is 18.2 Å². The summed E-state index contributed by atoms with van der Waals surface area (Å²) in [5.74, 6) is 0.